The maximum Gasteiger partial charge on any atom is 0.343 e. The van der Waals surface area contributed by atoms with Crippen LogP contribution in [0.5, 0.6) is 5.75 Å². The van der Waals surface area contributed by atoms with Crippen molar-refractivity contribution in [3.63, 3.8) is 0 Å². The molecule has 1 aliphatic heterocycles. The van der Waals surface area contributed by atoms with Gasteiger partial charge in [0.2, 0.25) is 5.91 Å². The van der Waals surface area contributed by atoms with Crippen LogP contribution in [-0.4, -0.2) is 34.0 Å². The summed E-state index contributed by atoms with van der Waals surface area (Å²) < 4.78 is 32.8. The van der Waals surface area contributed by atoms with E-state index in [-0.39, 0.29) is 35.3 Å². The third kappa shape index (κ3) is 4.85. The lowest BCUT2D eigenvalue weighted by molar-refractivity contribution is -0.119. The molecule has 0 aromatic heterocycles. The van der Waals surface area contributed by atoms with Gasteiger partial charge in [0.25, 0.3) is 10.0 Å². The van der Waals surface area contributed by atoms with E-state index in [0.29, 0.717) is 5.75 Å². The van der Waals surface area contributed by atoms with Gasteiger partial charge in [-0.3, -0.25) is 9.69 Å². The molecule has 0 radical (unpaired) electrons. The summed E-state index contributed by atoms with van der Waals surface area (Å²) in [7, 11) is -2.59. The van der Waals surface area contributed by atoms with Crippen molar-refractivity contribution in [2.24, 2.45) is 0 Å². The van der Waals surface area contributed by atoms with Crippen LogP contribution in [0.15, 0.2) is 77.7 Å². The Morgan fingerprint density at radius 2 is 1.71 bits per heavy atom. The first-order chi connectivity index (χ1) is 16.7. The number of anilines is 2. The summed E-state index contributed by atoms with van der Waals surface area (Å²) in [5.41, 5.74) is 2.24. The highest BCUT2D eigenvalue weighted by Gasteiger charge is 2.43. The van der Waals surface area contributed by atoms with E-state index >= 15 is 0 Å². The Labute approximate surface area is 205 Å². The Morgan fingerprint density at radius 1 is 1.00 bits per heavy atom. The zero-order valence-electron chi connectivity index (χ0n) is 19.8. The van der Waals surface area contributed by atoms with Gasteiger partial charge in [-0.25, -0.2) is 13.2 Å². The molecule has 0 saturated heterocycles. The van der Waals surface area contributed by atoms with E-state index in [0.717, 1.165) is 15.4 Å². The molecule has 9 heteroatoms. The van der Waals surface area contributed by atoms with Gasteiger partial charge in [0.15, 0.2) is 0 Å². The van der Waals surface area contributed by atoms with Gasteiger partial charge in [0.05, 0.1) is 18.5 Å². The number of benzene rings is 3. The van der Waals surface area contributed by atoms with E-state index in [1.807, 2.05) is 26.0 Å². The summed E-state index contributed by atoms with van der Waals surface area (Å²) in [5.74, 6) is 0.495. The predicted molar refractivity (Wildman–Crippen MR) is 134 cm³/mol. The van der Waals surface area contributed by atoms with E-state index in [4.69, 9.17) is 4.74 Å². The molecule has 1 N–H and O–H groups in total. The number of hydrogen-bond acceptors (Lipinski definition) is 5. The summed E-state index contributed by atoms with van der Waals surface area (Å²) in [6.45, 7) is 3.95. The lowest BCUT2D eigenvalue weighted by Gasteiger charge is -2.35. The number of sulfonamides is 1. The summed E-state index contributed by atoms with van der Waals surface area (Å²) in [5, 5.41) is 2.79. The molecular weight excluding hydrogens is 466 g/mol. The third-order valence-electron chi connectivity index (χ3n) is 5.80. The molecule has 0 saturated carbocycles. The van der Waals surface area contributed by atoms with E-state index in [1.54, 1.807) is 55.6 Å². The molecule has 3 amide bonds. The molecule has 0 atom stereocenters. The minimum absolute atomic E-state index is 0.0341. The quantitative estimate of drug-likeness (QED) is 0.530. The standard InChI is InChI=1S/C26H27N3O5S/c1-18(2)20-11-13-21(14-12-20)29-26(31)28(23-9-4-5-10-24(23)35(29,32)33)17-25(30)27-16-19-7-6-8-22(15-19)34-3/h4-15,18H,16-17H2,1-3H3,(H,27,30). The van der Waals surface area contributed by atoms with Crippen LogP contribution in [0.1, 0.15) is 30.9 Å². The lowest BCUT2D eigenvalue weighted by atomic mass is 10.0. The van der Waals surface area contributed by atoms with Crippen molar-refractivity contribution in [2.75, 3.05) is 22.9 Å². The van der Waals surface area contributed by atoms with E-state index in [1.165, 1.54) is 17.0 Å². The summed E-state index contributed by atoms with van der Waals surface area (Å²) in [6, 6.07) is 19.5. The average molecular weight is 494 g/mol. The van der Waals surface area contributed by atoms with Crippen LogP contribution < -0.4 is 19.3 Å². The molecule has 1 heterocycles. The summed E-state index contributed by atoms with van der Waals surface area (Å²) in [4.78, 5) is 27.5. The van der Waals surface area contributed by atoms with Crippen molar-refractivity contribution in [1.29, 1.82) is 0 Å². The third-order valence-corrected chi connectivity index (χ3v) is 7.55. The number of fused-ring (bicyclic) bond motifs is 1. The maximum absolute atomic E-state index is 13.5. The van der Waals surface area contributed by atoms with Crippen LogP contribution in [0.4, 0.5) is 16.2 Å². The Bertz CT molecular complexity index is 1350. The van der Waals surface area contributed by atoms with Crippen LogP contribution in [0, 0.1) is 0 Å². The molecule has 3 aromatic rings. The number of rotatable bonds is 7. The topological polar surface area (TPSA) is 96.0 Å². The number of methoxy groups -OCH3 is 1. The fraction of sp³-hybridized carbons (Fsp3) is 0.231. The largest absolute Gasteiger partial charge is 0.497 e. The molecule has 3 aromatic carbocycles. The van der Waals surface area contributed by atoms with Crippen molar-refractivity contribution in [3.8, 4) is 5.75 Å². The van der Waals surface area contributed by atoms with Crippen LogP contribution in [0.25, 0.3) is 0 Å². The number of para-hydroxylation sites is 1. The number of carbonyl (C=O) groups excluding carboxylic acids is 2. The smallest absolute Gasteiger partial charge is 0.343 e. The second-order valence-corrected chi connectivity index (χ2v) is 10.2. The fourth-order valence-electron chi connectivity index (χ4n) is 3.89. The molecule has 35 heavy (non-hydrogen) atoms. The predicted octanol–water partition coefficient (Wildman–Crippen LogP) is 4.27. The number of urea groups is 1. The SMILES string of the molecule is COc1cccc(CNC(=O)CN2C(=O)N(c3ccc(C(C)C)cc3)S(=O)(=O)c3ccccc32)c1. The van der Waals surface area contributed by atoms with Gasteiger partial charge in [-0.05, 0) is 53.4 Å². The zero-order chi connectivity index (χ0) is 25.2. The molecule has 1 aliphatic rings. The number of hydrogen-bond donors (Lipinski definition) is 1. The molecule has 0 aliphatic carbocycles. The lowest BCUT2D eigenvalue weighted by Crippen LogP contribution is -2.53. The Morgan fingerprint density at radius 3 is 2.40 bits per heavy atom. The Balaban J connectivity index is 1.62. The molecule has 0 spiro atoms. The van der Waals surface area contributed by atoms with Gasteiger partial charge >= 0.3 is 6.03 Å². The summed E-state index contributed by atoms with van der Waals surface area (Å²) >= 11 is 0. The normalized spacial score (nSPS) is 14.6. The fourth-order valence-corrected chi connectivity index (χ4v) is 5.48. The first-order valence-corrected chi connectivity index (χ1v) is 12.6. The van der Waals surface area contributed by atoms with Gasteiger partial charge < -0.3 is 10.1 Å². The maximum atomic E-state index is 13.5. The zero-order valence-corrected chi connectivity index (χ0v) is 20.6. The highest BCUT2D eigenvalue weighted by Crippen LogP contribution is 2.37. The molecule has 0 unspecified atom stereocenters. The highest BCUT2D eigenvalue weighted by atomic mass is 32.2. The van der Waals surface area contributed by atoms with E-state index in [2.05, 4.69) is 5.32 Å². The van der Waals surface area contributed by atoms with Crippen LogP contribution >= 0.6 is 0 Å². The van der Waals surface area contributed by atoms with Gasteiger partial charge in [-0.2, -0.15) is 4.31 Å². The van der Waals surface area contributed by atoms with Crippen LogP contribution in [-0.2, 0) is 21.4 Å². The number of nitrogens with one attached hydrogen (secondary N) is 1. The molecule has 182 valence electrons. The Kier molecular flexibility index (Phi) is 6.79. The number of nitrogens with zero attached hydrogens (tertiary/aromatic N) is 2. The number of amides is 3. The van der Waals surface area contributed by atoms with Crippen molar-refractivity contribution >= 4 is 33.3 Å². The Hall–Kier alpha value is -3.85. The number of carbonyl (C=O) groups is 2. The minimum Gasteiger partial charge on any atom is -0.497 e. The molecule has 0 bridgehead atoms. The monoisotopic (exact) mass is 493 g/mol. The van der Waals surface area contributed by atoms with Gasteiger partial charge in [-0.15, -0.1) is 0 Å². The second kappa shape index (κ2) is 9.79. The van der Waals surface area contributed by atoms with Gasteiger partial charge in [0.1, 0.15) is 17.2 Å². The number of ether oxygens (including phenoxy) is 1. The first kappa shape index (κ1) is 24.3. The van der Waals surface area contributed by atoms with Crippen molar-refractivity contribution in [2.45, 2.75) is 31.2 Å². The molecule has 4 rings (SSSR count). The van der Waals surface area contributed by atoms with Crippen LogP contribution in [0.3, 0.4) is 0 Å². The van der Waals surface area contributed by atoms with Crippen molar-refractivity contribution in [3.05, 3.63) is 83.9 Å². The highest BCUT2D eigenvalue weighted by molar-refractivity contribution is 7.94. The van der Waals surface area contributed by atoms with Crippen molar-refractivity contribution < 1.29 is 22.7 Å². The second-order valence-electron chi connectivity index (χ2n) is 8.48. The molecule has 0 fully saturated rings. The summed E-state index contributed by atoms with van der Waals surface area (Å²) in [6.07, 6.45) is 0. The first-order valence-electron chi connectivity index (χ1n) is 11.2. The van der Waals surface area contributed by atoms with Gasteiger partial charge in [-0.1, -0.05) is 50.2 Å². The minimum atomic E-state index is -4.15. The molecule has 8 nitrogen and oxygen atoms in total. The average Bonchev–Trinajstić information content (AvgIpc) is 2.85. The van der Waals surface area contributed by atoms with E-state index in [9.17, 15) is 18.0 Å². The van der Waals surface area contributed by atoms with Gasteiger partial charge in [0, 0.05) is 6.54 Å². The van der Waals surface area contributed by atoms with Crippen molar-refractivity contribution in [1.82, 2.24) is 5.32 Å². The molecular formula is C26H27N3O5S. The van der Waals surface area contributed by atoms with Crippen LogP contribution in [0.2, 0.25) is 0 Å². The van der Waals surface area contributed by atoms with E-state index < -0.39 is 22.0 Å².